The summed E-state index contributed by atoms with van der Waals surface area (Å²) >= 11 is 1.68. The van der Waals surface area contributed by atoms with Crippen LogP contribution in [-0.4, -0.2) is 23.9 Å². The second-order valence-corrected chi connectivity index (χ2v) is 4.56. The van der Waals surface area contributed by atoms with Crippen molar-refractivity contribution in [2.75, 3.05) is 13.1 Å². The molecule has 0 radical (unpaired) electrons. The van der Waals surface area contributed by atoms with Gasteiger partial charge in [-0.3, -0.25) is 10.1 Å². The van der Waals surface area contributed by atoms with Gasteiger partial charge in [-0.2, -0.15) is 11.3 Å². The number of amides is 1. The van der Waals surface area contributed by atoms with Gasteiger partial charge in [-0.25, -0.2) is 0 Å². The molecule has 1 atom stereocenters. The lowest BCUT2D eigenvalue weighted by molar-refractivity contribution is -0.128. The van der Waals surface area contributed by atoms with Gasteiger partial charge < -0.3 is 4.90 Å². The molecule has 0 aromatic carbocycles. The zero-order chi connectivity index (χ0) is 10.7. The number of thiophene rings is 1. The summed E-state index contributed by atoms with van der Waals surface area (Å²) in [6.45, 7) is 3.49. The molecule has 1 aliphatic heterocycles. The van der Waals surface area contributed by atoms with Crippen LogP contribution >= 0.6 is 11.3 Å². The van der Waals surface area contributed by atoms with Crippen molar-refractivity contribution >= 4 is 17.2 Å². The molecule has 2 rings (SSSR count). The molecule has 1 saturated heterocycles. The van der Waals surface area contributed by atoms with Crippen LogP contribution in [0.15, 0.2) is 16.8 Å². The van der Waals surface area contributed by atoms with Crippen molar-refractivity contribution in [1.29, 1.82) is 0 Å². The minimum Gasteiger partial charge on any atom is -0.322 e. The third-order valence-corrected chi connectivity index (χ3v) is 3.39. The van der Waals surface area contributed by atoms with Crippen molar-refractivity contribution in [2.45, 2.75) is 25.9 Å². The molecule has 0 saturated carbocycles. The first kappa shape index (κ1) is 10.6. The summed E-state index contributed by atoms with van der Waals surface area (Å²) in [5.41, 5.74) is 1.21. The standard InChI is InChI=1S/C11H16N2OS/c1-2-3-5-13-10(14)7-12-11(13)9-4-6-15-8-9/h4,6,8,11-12H,2-3,5,7H2,1H3. The smallest absolute Gasteiger partial charge is 0.238 e. The van der Waals surface area contributed by atoms with Crippen LogP contribution < -0.4 is 5.32 Å². The van der Waals surface area contributed by atoms with Gasteiger partial charge in [0.2, 0.25) is 5.91 Å². The molecule has 1 aromatic heterocycles. The highest BCUT2D eigenvalue weighted by Crippen LogP contribution is 2.24. The van der Waals surface area contributed by atoms with E-state index in [4.69, 9.17) is 0 Å². The minimum absolute atomic E-state index is 0.107. The van der Waals surface area contributed by atoms with E-state index in [1.54, 1.807) is 11.3 Å². The molecule has 1 fully saturated rings. The first-order valence-electron chi connectivity index (χ1n) is 5.38. The fourth-order valence-corrected chi connectivity index (χ4v) is 2.53. The molecule has 82 valence electrons. The van der Waals surface area contributed by atoms with E-state index in [0.717, 1.165) is 19.4 Å². The normalized spacial score (nSPS) is 21.3. The summed E-state index contributed by atoms with van der Waals surface area (Å²) in [5.74, 6) is 0.222. The Bertz CT molecular complexity index is 323. The van der Waals surface area contributed by atoms with E-state index >= 15 is 0 Å². The van der Waals surface area contributed by atoms with Gasteiger partial charge in [0.15, 0.2) is 0 Å². The van der Waals surface area contributed by atoms with Crippen LogP contribution in [0.2, 0.25) is 0 Å². The van der Waals surface area contributed by atoms with Crippen LogP contribution in [0.4, 0.5) is 0 Å². The maximum absolute atomic E-state index is 11.7. The van der Waals surface area contributed by atoms with Crippen LogP contribution in [0.3, 0.4) is 0 Å². The highest BCUT2D eigenvalue weighted by Gasteiger charge is 2.30. The molecule has 2 heterocycles. The van der Waals surface area contributed by atoms with E-state index in [-0.39, 0.29) is 12.1 Å². The molecule has 1 aliphatic rings. The number of unbranched alkanes of at least 4 members (excludes halogenated alkanes) is 1. The average Bonchev–Trinajstić information content (AvgIpc) is 2.84. The fraction of sp³-hybridized carbons (Fsp3) is 0.545. The summed E-state index contributed by atoms with van der Waals surface area (Å²) < 4.78 is 0. The predicted molar refractivity (Wildman–Crippen MR) is 61.7 cm³/mol. The Kier molecular flexibility index (Phi) is 3.38. The Labute approximate surface area is 94.1 Å². The van der Waals surface area contributed by atoms with Crippen LogP contribution in [0.1, 0.15) is 31.5 Å². The molecule has 3 nitrogen and oxygen atoms in total. The third kappa shape index (κ3) is 2.21. The number of nitrogens with zero attached hydrogens (tertiary/aromatic N) is 1. The summed E-state index contributed by atoms with van der Waals surface area (Å²) in [5, 5.41) is 7.41. The van der Waals surface area contributed by atoms with Gasteiger partial charge in [0, 0.05) is 6.54 Å². The SMILES string of the molecule is CCCCN1C(=O)CNC1c1ccsc1. The Morgan fingerprint density at radius 1 is 1.67 bits per heavy atom. The van der Waals surface area contributed by atoms with Gasteiger partial charge in [0.05, 0.1) is 6.54 Å². The molecule has 1 unspecified atom stereocenters. The van der Waals surface area contributed by atoms with Crippen molar-refractivity contribution in [3.8, 4) is 0 Å². The zero-order valence-electron chi connectivity index (χ0n) is 8.90. The average molecular weight is 224 g/mol. The maximum Gasteiger partial charge on any atom is 0.238 e. The van der Waals surface area contributed by atoms with Crippen LogP contribution in [0.25, 0.3) is 0 Å². The molecule has 1 aromatic rings. The van der Waals surface area contributed by atoms with Crippen LogP contribution in [0, 0.1) is 0 Å². The third-order valence-electron chi connectivity index (χ3n) is 2.69. The molecule has 4 heteroatoms. The molecule has 1 amide bonds. The van der Waals surface area contributed by atoms with Crippen LogP contribution in [0.5, 0.6) is 0 Å². The second kappa shape index (κ2) is 4.77. The van der Waals surface area contributed by atoms with Crippen molar-refractivity contribution in [1.82, 2.24) is 10.2 Å². The van der Waals surface area contributed by atoms with E-state index in [2.05, 4.69) is 29.1 Å². The Balaban J connectivity index is 2.07. The number of rotatable bonds is 4. The van der Waals surface area contributed by atoms with Crippen molar-refractivity contribution < 1.29 is 4.79 Å². The largest absolute Gasteiger partial charge is 0.322 e. The van der Waals surface area contributed by atoms with Crippen LogP contribution in [-0.2, 0) is 4.79 Å². The molecular weight excluding hydrogens is 208 g/mol. The maximum atomic E-state index is 11.7. The minimum atomic E-state index is 0.107. The predicted octanol–water partition coefficient (Wildman–Crippen LogP) is 1.98. The van der Waals surface area contributed by atoms with E-state index in [1.807, 2.05) is 4.90 Å². The first-order valence-corrected chi connectivity index (χ1v) is 6.32. The Morgan fingerprint density at radius 2 is 2.53 bits per heavy atom. The molecule has 0 bridgehead atoms. The Morgan fingerprint density at radius 3 is 3.20 bits per heavy atom. The molecule has 1 N–H and O–H groups in total. The number of hydrogen-bond acceptors (Lipinski definition) is 3. The lowest BCUT2D eigenvalue weighted by atomic mass is 10.2. The topological polar surface area (TPSA) is 32.3 Å². The summed E-state index contributed by atoms with van der Waals surface area (Å²) in [7, 11) is 0. The van der Waals surface area contributed by atoms with Gasteiger partial charge in [0.1, 0.15) is 6.17 Å². The number of carbonyl (C=O) groups is 1. The highest BCUT2D eigenvalue weighted by molar-refractivity contribution is 7.07. The number of carbonyl (C=O) groups excluding carboxylic acids is 1. The zero-order valence-corrected chi connectivity index (χ0v) is 9.72. The quantitative estimate of drug-likeness (QED) is 0.848. The first-order chi connectivity index (χ1) is 7.33. The number of hydrogen-bond donors (Lipinski definition) is 1. The van der Waals surface area contributed by atoms with E-state index in [1.165, 1.54) is 5.56 Å². The van der Waals surface area contributed by atoms with E-state index in [9.17, 15) is 4.79 Å². The lowest BCUT2D eigenvalue weighted by Gasteiger charge is -2.23. The summed E-state index contributed by atoms with van der Waals surface area (Å²) in [6.07, 6.45) is 2.31. The molecular formula is C11H16N2OS. The van der Waals surface area contributed by atoms with Gasteiger partial charge in [0.25, 0.3) is 0 Å². The molecule has 0 aliphatic carbocycles. The monoisotopic (exact) mass is 224 g/mol. The summed E-state index contributed by atoms with van der Waals surface area (Å²) in [4.78, 5) is 13.6. The highest BCUT2D eigenvalue weighted by atomic mass is 32.1. The van der Waals surface area contributed by atoms with Crippen molar-refractivity contribution in [3.05, 3.63) is 22.4 Å². The molecule has 15 heavy (non-hydrogen) atoms. The lowest BCUT2D eigenvalue weighted by Crippen LogP contribution is -2.30. The van der Waals surface area contributed by atoms with Gasteiger partial charge in [-0.1, -0.05) is 13.3 Å². The van der Waals surface area contributed by atoms with Crippen molar-refractivity contribution in [2.24, 2.45) is 0 Å². The van der Waals surface area contributed by atoms with E-state index in [0.29, 0.717) is 6.54 Å². The van der Waals surface area contributed by atoms with E-state index < -0.39 is 0 Å². The fourth-order valence-electron chi connectivity index (χ4n) is 1.85. The van der Waals surface area contributed by atoms with Gasteiger partial charge in [-0.05, 0) is 28.8 Å². The number of nitrogens with one attached hydrogen (secondary N) is 1. The molecule has 0 spiro atoms. The Hall–Kier alpha value is -0.870. The van der Waals surface area contributed by atoms with Gasteiger partial charge in [-0.15, -0.1) is 0 Å². The van der Waals surface area contributed by atoms with Gasteiger partial charge >= 0.3 is 0 Å². The summed E-state index contributed by atoms with van der Waals surface area (Å²) in [6, 6.07) is 2.08. The van der Waals surface area contributed by atoms with Crippen molar-refractivity contribution in [3.63, 3.8) is 0 Å². The second-order valence-electron chi connectivity index (χ2n) is 3.78.